The summed E-state index contributed by atoms with van der Waals surface area (Å²) in [5.41, 5.74) is 1.70. The Morgan fingerprint density at radius 2 is 2.05 bits per heavy atom. The van der Waals surface area contributed by atoms with Gasteiger partial charge in [0.1, 0.15) is 5.02 Å². The van der Waals surface area contributed by atoms with Crippen LogP contribution in [0, 0.1) is 0 Å². The molecule has 1 aromatic heterocycles. The molecule has 0 aliphatic rings. The Morgan fingerprint density at radius 3 is 2.80 bits per heavy atom. The summed E-state index contributed by atoms with van der Waals surface area (Å²) in [6.07, 6.45) is 1.43. The highest BCUT2D eigenvalue weighted by atomic mass is 35.5. The smallest absolute Gasteiger partial charge is 0.224 e. The number of rotatable bonds is 4. The molecule has 2 rings (SSSR count). The molecule has 0 aliphatic heterocycles. The topological polar surface area (TPSA) is 66.9 Å². The third-order valence-corrected chi connectivity index (χ3v) is 2.97. The highest BCUT2D eigenvalue weighted by molar-refractivity contribution is 6.33. The van der Waals surface area contributed by atoms with Crippen molar-refractivity contribution in [2.45, 2.75) is 13.5 Å². The number of anilines is 2. The van der Waals surface area contributed by atoms with Gasteiger partial charge in [0.15, 0.2) is 5.82 Å². The Hall–Kier alpha value is -1.85. The fourth-order valence-corrected chi connectivity index (χ4v) is 1.85. The Kier molecular flexibility index (Phi) is 4.76. The minimum atomic E-state index is -0.0945. The molecule has 1 aromatic carbocycles. The lowest BCUT2D eigenvalue weighted by molar-refractivity contribution is -0.119. The van der Waals surface area contributed by atoms with E-state index in [4.69, 9.17) is 23.2 Å². The SMILES string of the molecule is CC(=O)NCc1ccccc1Nc1nc(Cl)ncc1Cl. The van der Waals surface area contributed by atoms with E-state index in [0.717, 1.165) is 11.3 Å². The van der Waals surface area contributed by atoms with Crippen molar-refractivity contribution in [1.82, 2.24) is 15.3 Å². The number of halogens is 2. The number of nitrogens with one attached hydrogen (secondary N) is 2. The molecule has 1 amide bonds. The maximum Gasteiger partial charge on any atom is 0.224 e. The van der Waals surface area contributed by atoms with E-state index in [1.807, 2.05) is 24.3 Å². The summed E-state index contributed by atoms with van der Waals surface area (Å²) in [6, 6.07) is 7.52. The number of hydrogen-bond donors (Lipinski definition) is 2. The standard InChI is InChI=1S/C13H12Cl2N4O/c1-8(20)16-6-9-4-2-3-5-11(9)18-12-10(14)7-17-13(15)19-12/h2-5,7H,6H2,1H3,(H,16,20)(H,17,18,19). The van der Waals surface area contributed by atoms with Crippen molar-refractivity contribution < 1.29 is 4.79 Å². The fraction of sp³-hybridized carbons (Fsp3) is 0.154. The maximum absolute atomic E-state index is 11.0. The first kappa shape index (κ1) is 14.6. The molecule has 0 bridgehead atoms. The zero-order chi connectivity index (χ0) is 14.5. The predicted octanol–water partition coefficient (Wildman–Crippen LogP) is 3.16. The van der Waals surface area contributed by atoms with Gasteiger partial charge in [-0.3, -0.25) is 4.79 Å². The zero-order valence-electron chi connectivity index (χ0n) is 10.7. The number of carbonyl (C=O) groups excluding carboxylic acids is 1. The molecular weight excluding hydrogens is 299 g/mol. The van der Waals surface area contributed by atoms with Crippen LogP contribution in [0.1, 0.15) is 12.5 Å². The lowest BCUT2D eigenvalue weighted by Gasteiger charge is -2.12. The van der Waals surface area contributed by atoms with Crippen molar-refractivity contribution in [2.24, 2.45) is 0 Å². The van der Waals surface area contributed by atoms with Gasteiger partial charge in [-0.15, -0.1) is 0 Å². The van der Waals surface area contributed by atoms with Crippen LogP contribution in [-0.2, 0) is 11.3 Å². The molecule has 2 aromatic rings. The maximum atomic E-state index is 11.0. The number of amides is 1. The number of aromatic nitrogens is 2. The molecule has 0 spiro atoms. The number of carbonyl (C=O) groups is 1. The fourth-order valence-electron chi connectivity index (χ4n) is 1.58. The monoisotopic (exact) mass is 310 g/mol. The van der Waals surface area contributed by atoms with Crippen LogP contribution in [0.15, 0.2) is 30.5 Å². The summed E-state index contributed by atoms with van der Waals surface area (Å²) in [4.78, 5) is 18.8. The Morgan fingerprint density at radius 1 is 1.30 bits per heavy atom. The van der Waals surface area contributed by atoms with Gasteiger partial charge in [-0.1, -0.05) is 29.8 Å². The van der Waals surface area contributed by atoms with E-state index in [-0.39, 0.29) is 11.2 Å². The average molecular weight is 311 g/mol. The van der Waals surface area contributed by atoms with Gasteiger partial charge in [0.2, 0.25) is 11.2 Å². The van der Waals surface area contributed by atoms with Crippen molar-refractivity contribution in [3.05, 3.63) is 46.3 Å². The van der Waals surface area contributed by atoms with E-state index in [9.17, 15) is 4.79 Å². The normalized spacial score (nSPS) is 10.2. The van der Waals surface area contributed by atoms with E-state index in [0.29, 0.717) is 17.4 Å². The number of para-hydroxylation sites is 1. The first-order valence-electron chi connectivity index (χ1n) is 5.83. The molecule has 1 heterocycles. The van der Waals surface area contributed by atoms with Crippen LogP contribution in [0.4, 0.5) is 11.5 Å². The van der Waals surface area contributed by atoms with Crippen LogP contribution < -0.4 is 10.6 Å². The third kappa shape index (κ3) is 3.82. The first-order valence-corrected chi connectivity index (χ1v) is 6.59. The number of hydrogen-bond acceptors (Lipinski definition) is 4. The molecule has 0 radical (unpaired) electrons. The van der Waals surface area contributed by atoms with Crippen molar-refractivity contribution in [2.75, 3.05) is 5.32 Å². The quantitative estimate of drug-likeness (QED) is 0.851. The third-order valence-electron chi connectivity index (χ3n) is 2.51. The summed E-state index contributed by atoms with van der Waals surface area (Å²) in [6.45, 7) is 1.88. The van der Waals surface area contributed by atoms with Crippen LogP contribution in [0.25, 0.3) is 0 Å². The summed E-state index contributed by atoms with van der Waals surface area (Å²) in [5, 5.41) is 6.30. The Bertz CT molecular complexity index is 634. The molecular formula is C13H12Cl2N4O. The minimum Gasteiger partial charge on any atom is -0.352 e. The van der Waals surface area contributed by atoms with Crippen LogP contribution in [0.5, 0.6) is 0 Å². The summed E-state index contributed by atoms with van der Waals surface area (Å²) < 4.78 is 0. The summed E-state index contributed by atoms with van der Waals surface area (Å²) in [5.74, 6) is 0.324. The second-order valence-corrected chi connectivity index (χ2v) is 4.77. The number of benzene rings is 1. The van der Waals surface area contributed by atoms with Gasteiger partial charge < -0.3 is 10.6 Å². The minimum absolute atomic E-state index is 0.0945. The number of nitrogens with zero attached hydrogens (tertiary/aromatic N) is 2. The largest absolute Gasteiger partial charge is 0.352 e. The van der Waals surface area contributed by atoms with Crippen molar-refractivity contribution in [1.29, 1.82) is 0 Å². The van der Waals surface area contributed by atoms with E-state index in [1.54, 1.807) is 0 Å². The highest BCUT2D eigenvalue weighted by Gasteiger charge is 2.08. The summed E-state index contributed by atoms with van der Waals surface area (Å²) in [7, 11) is 0. The first-order chi connectivity index (χ1) is 9.56. The molecule has 0 saturated heterocycles. The van der Waals surface area contributed by atoms with Gasteiger partial charge in [0.05, 0.1) is 6.20 Å². The van der Waals surface area contributed by atoms with E-state index in [2.05, 4.69) is 20.6 Å². The van der Waals surface area contributed by atoms with Gasteiger partial charge in [-0.05, 0) is 23.2 Å². The molecule has 7 heteroatoms. The van der Waals surface area contributed by atoms with Crippen molar-refractivity contribution in [3.63, 3.8) is 0 Å². The van der Waals surface area contributed by atoms with E-state index >= 15 is 0 Å². The zero-order valence-corrected chi connectivity index (χ0v) is 12.2. The lowest BCUT2D eigenvalue weighted by atomic mass is 10.1. The van der Waals surface area contributed by atoms with Crippen LogP contribution in [0.3, 0.4) is 0 Å². The van der Waals surface area contributed by atoms with Gasteiger partial charge in [-0.25, -0.2) is 4.98 Å². The van der Waals surface area contributed by atoms with Crippen LogP contribution in [-0.4, -0.2) is 15.9 Å². The molecule has 20 heavy (non-hydrogen) atoms. The average Bonchev–Trinajstić information content (AvgIpc) is 2.42. The molecule has 0 atom stereocenters. The van der Waals surface area contributed by atoms with E-state index < -0.39 is 0 Å². The van der Waals surface area contributed by atoms with Crippen molar-refractivity contribution >= 4 is 40.6 Å². The van der Waals surface area contributed by atoms with Crippen LogP contribution >= 0.6 is 23.2 Å². The Balaban J connectivity index is 2.24. The molecule has 104 valence electrons. The van der Waals surface area contributed by atoms with Gasteiger partial charge in [-0.2, -0.15) is 4.98 Å². The lowest BCUT2D eigenvalue weighted by Crippen LogP contribution is -2.19. The molecule has 5 nitrogen and oxygen atoms in total. The molecule has 0 aliphatic carbocycles. The summed E-state index contributed by atoms with van der Waals surface area (Å²) >= 11 is 11.8. The van der Waals surface area contributed by atoms with E-state index in [1.165, 1.54) is 13.1 Å². The molecule has 2 N–H and O–H groups in total. The van der Waals surface area contributed by atoms with Gasteiger partial charge in [0.25, 0.3) is 0 Å². The van der Waals surface area contributed by atoms with Gasteiger partial charge >= 0.3 is 0 Å². The second-order valence-electron chi connectivity index (χ2n) is 4.03. The van der Waals surface area contributed by atoms with Crippen molar-refractivity contribution in [3.8, 4) is 0 Å². The predicted molar refractivity (Wildman–Crippen MR) is 79.3 cm³/mol. The Labute approximate surface area is 126 Å². The highest BCUT2D eigenvalue weighted by Crippen LogP contribution is 2.25. The second kappa shape index (κ2) is 6.54. The molecule has 0 fully saturated rings. The van der Waals surface area contributed by atoms with Crippen LogP contribution in [0.2, 0.25) is 10.3 Å². The molecule has 0 unspecified atom stereocenters. The van der Waals surface area contributed by atoms with Gasteiger partial charge in [0, 0.05) is 19.2 Å². The molecule has 0 saturated carbocycles.